The Labute approximate surface area is 98.7 Å². The summed E-state index contributed by atoms with van der Waals surface area (Å²) in [4.78, 5) is 12.9. The number of aliphatic carboxylic acids is 1. The van der Waals surface area contributed by atoms with Gasteiger partial charge in [0, 0.05) is 11.6 Å². The van der Waals surface area contributed by atoms with Crippen molar-refractivity contribution in [3.63, 3.8) is 0 Å². The van der Waals surface area contributed by atoms with Gasteiger partial charge in [-0.15, -0.1) is 0 Å². The molecule has 3 nitrogen and oxygen atoms in total. The fourth-order valence-corrected chi connectivity index (χ4v) is 1.58. The Hall–Kier alpha value is -1.49. The van der Waals surface area contributed by atoms with Crippen LogP contribution in [0.15, 0.2) is 18.2 Å². The average molecular weight is 243 g/mol. The molecule has 0 aliphatic heterocycles. The van der Waals surface area contributed by atoms with Gasteiger partial charge in [-0.05, 0) is 33.1 Å². The second kappa shape index (κ2) is 5.72. The van der Waals surface area contributed by atoms with E-state index in [2.05, 4.69) is 0 Å². The third-order valence-corrected chi connectivity index (χ3v) is 2.50. The predicted molar refractivity (Wildman–Crippen MR) is 59.9 cm³/mol. The van der Waals surface area contributed by atoms with Crippen LogP contribution in [0.5, 0.6) is 0 Å². The zero-order valence-corrected chi connectivity index (χ0v) is 9.78. The van der Waals surface area contributed by atoms with Crippen molar-refractivity contribution >= 4 is 5.97 Å². The Kier molecular flexibility index (Phi) is 4.57. The highest BCUT2D eigenvalue weighted by atomic mass is 19.1. The molecule has 1 N–H and O–H groups in total. The minimum absolute atomic E-state index is 0.0285. The summed E-state index contributed by atoms with van der Waals surface area (Å²) in [7, 11) is 3.61. The molecule has 94 valence electrons. The van der Waals surface area contributed by atoms with Crippen LogP contribution in [0, 0.1) is 11.6 Å². The lowest BCUT2D eigenvalue weighted by atomic mass is 9.95. The molecule has 0 aliphatic rings. The van der Waals surface area contributed by atoms with Crippen LogP contribution < -0.4 is 0 Å². The quantitative estimate of drug-likeness (QED) is 0.860. The molecule has 0 saturated heterocycles. The second-order valence-corrected chi connectivity index (χ2v) is 4.15. The van der Waals surface area contributed by atoms with E-state index in [-0.39, 0.29) is 12.0 Å². The fraction of sp³-hybridized carbons (Fsp3) is 0.417. The molecule has 1 aromatic rings. The number of halogens is 2. The summed E-state index contributed by atoms with van der Waals surface area (Å²) in [6.45, 7) is 0.522. The molecule has 0 spiro atoms. The van der Waals surface area contributed by atoms with Gasteiger partial charge in [0.25, 0.3) is 0 Å². The molecule has 1 atom stereocenters. The lowest BCUT2D eigenvalue weighted by Gasteiger charge is -2.16. The van der Waals surface area contributed by atoms with E-state index in [1.165, 1.54) is 6.07 Å². The zero-order chi connectivity index (χ0) is 13.0. The van der Waals surface area contributed by atoms with E-state index in [4.69, 9.17) is 5.11 Å². The molecule has 0 amide bonds. The summed E-state index contributed by atoms with van der Waals surface area (Å²) in [5.74, 6) is -3.56. The Bertz CT molecular complexity index is 407. The van der Waals surface area contributed by atoms with E-state index in [0.29, 0.717) is 12.6 Å². The lowest BCUT2D eigenvalue weighted by molar-refractivity contribution is -0.139. The molecule has 0 saturated carbocycles. The highest BCUT2D eigenvalue weighted by Gasteiger charge is 2.23. The van der Waals surface area contributed by atoms with Crippen LogP contribution in [0.2, 0.25) is 0 Å². The van der Waals surface area contributed by atoms with Gasteiger partial charge in [0.15, 0.2) is 0 Å². The van der Waals surface area contributed by atoms with Gasteiger partial charge in [0.2, 0.25) is 0 Å². The lowest BCUT2D eigenvalue weighted by Crippen LogP contribution is -2.21. The molecule has 1 rings (SSSR count). The largest absolute Gasteiger partial charge is 0.481 e. The van der Waals surface area contributed by atoms with Crippen LogP contribution in [0.4, 0.5) is 8.78 Å². The number of nitrogens with zero attached hydrogens (tertiary/aromatic N) is 1. The number of carboxylic acid groups (broad SMARTS) is 1. The number of benzene rings is 1. The van der Waals surface area contributed by atoms with E-state index in [1.807, 2.05) is 4.90 Å². The average Bonchev–Trinajstić information content (AvgIpc) is 2.20. The van der Waals surface area contributed by atoms with Crippen molar-refractivity contribution in [3.05, 3.63) is 35.4 Å². The van der Waals surface area contributed by atoms with Crippen molar-refractivity contribution in [3.8, 4) is 0 Å². The predicted octanol–water partition coefficient (Wildman–Crippen LogP) is 2.08. The van der Waals surface area contributed by atoms with Gasteiger partial charge in [-0.2, -0.15) is 0 Å². The first kappa shape index (κ1) is 13.6. The first-order chi connectivity index (χ1) is 7.91. The molecular weight excluding hydrogens is 228 g/mol. The maximum Gasteiger partial charge on any atom is 0.311 e. The Morgan fingerprint density at radius 1 is 1.41 bits per heavy atom. The SMILES string of the molecule is CN(C)CCC(C(=O)O)c1ccc(F)cc1F. The van der Waals surface area contributed by atoms with Crippen molar-refractivity contribution < 1.29 is 18.7 Å². The van der Waals surface area contributed by atoms with Gasteiger partial charge >= 0.3 is 5.97 Å². The van der Waals surface area contributed by atoms with E-state index in [9.17, 15) is 13.6 Å². The topological polar surface area (TPSA) is 40.5 Å². The van der Waals surface area contributed by atoms with Gasteiger partial charge in [0.05, 0.1) is 5.92 Å². The van der Waals surface area contributed by atoms with E-state index < -0.39 is 23.5 Å². The number of hydrogen-bond acceptors (Lipinski definition) is 2. The van der Waals surface area contributed by atoms with E-state index in [0.717, 1.165) is 6.07 Å². The van der Waals surface area contributed by atoms with E-state index in [1.54, 1.807) is 14.1 Å². The van der Waals surface area contributed by atoms with Gasteiger partial charge in [-0.1, -0.05) is 6.07 Å². The molecule has 1 unspecified atom stereocenters. The van der Waals surface area contributed by atoms with Gasteiger partial charge < -0.3 is 10.0 Å². The summed E-state index contributed by atoms with van der Waals surface area (Å²) < 4.78 is 26.2. The molecule has 1 aromatic carbocycles. The second-order valence-electron chi connectivity index (χ2n) is 4.15. The summed E-state index contributed by atoms with van der Waals surface area (Å²) in [6, 6.07) is 2.98. The monoisotopic (exact) mass is 243 g/mol. The van der Waals surface area contributed by atoms with Crippen molar-refractivity contribution in [2.45, 2.75) is 12.3 Å². The number of carbonyl (C=O) groups is 1. The summed E-state index contributed by atoms with van der Waals surface area (Å²) in [5, 5.41) is 9.05. The fourth-order valence-electron chi connectivity index (χ4n) is 1.58. The highest BCUT2D eigenvalue weighted by Crippen LogP contribution is 2.23. The summed E-state index contributed by atoms with van der Waals surface area (Å²) in [6.07, 6.45) is 0.283. The number of rotatable bonds is 5. The molecule has 0 fully saturated rings. The van der Waals surface area contributed by atoms with Crippen LogP contribution >= 0.6 is 0 Å². The molecule has 0 aromatic heterocycles. The standard InChI is InChI=1S/C12H15F2NO2/c1-15(2)6-5-10(12(16)17)9-4-3-8(13)7-11(9)14/h3-4,7,10H,5-6H2,1-2H3,(H,16,17). The van der Waals surface area contributed by atoms with Crippen LogP contribution in [-0.4, -0.2) is 36.6 Å². The van der Waals surface area contributed by atoms with E-state index >= 15 is 0 Å². The first-order valence-corrected chi connectivity index (χ1v) is 5.24. The third kappa shape index (κ3) is 3.78. The Morgan fingerprint density at radius 3 is 2.53 bits per heavy atom. The molecule has 0 bridgehead atoms. The minimum atomic E-state index is -1.10. The van der Waals surface area contributed by atoms with Gasteiger partial charge in [0.1, 0.15) is 11.6 Å². The summed E-state index contributed by atoms with van der Waals surface area (Å²) in [5.41, 5.74) is 0.0285. The Balaban J connectivity index is 2.93. The molecule has 0 radical (unpaired) electrons. The molecule has 0 heterocycles. The first-order valence-electron chi connectivity index (χ1n) is 5.24. The van der Waals surface area contributed by atoms with Crippen molar-refractivity contribution in [1.82, 2.24) is 4.90 Å². The smallest absolute Gasteiger partial charge is 0.311 e. The Morgan fingerprint density at radius 2 is 2.06 bits per heavy atom. The van der Waals surface area contributed by atoms with Gasteiger partial charge in [-0.3, -0.25) is 4.79 Å². The van der Waals surface area contributed by atoms with Crippen LogP contribution in [-0.2, 0) is 4.79 Å². The molecule has 17 heavy (non-hydrogen) atoms. The van der Waals surface area contributed by atoms with Crippen LogP contribution in [0.1, 0.15) is 17.9 Å². The third-order valence-electron chi connectivity index (χ3n) is 2.50. The van der Waals surface area contributed by atoms with Crippen LogP contribution in [0.3, 0.4) is 0 Å². The maximum atomic E-state index is 13.5. The van der Waals surface area contributed by atoms with Crippen molar-refractivity contribution in [1.29, 1.82) is 0 Å². The van der Waals surface area contributed by atoms with Crippen LogP contribution in [0.25, 0.3) is 0 Å². The van der Waals surface area contributed by atoms with Crippen molar-refractivity contribution in [2.24, 2.45) is 0 Å². The molecular formula is C12H15F2NO2. The zero-order valence-electron chi connectivity index (χ0n) is 9.78. The molecule has 0 aliphatic carbocycles. The highest BCUT2D eigenvalue weighted by molar-refractivity contribution is 5.76. The van der Waals surface area contributed by atoms with Gasteiger partial charge in [-0.25, -0.2) is 8.78 Å². The summed E-state index contributed by atoms with van der Waals surface area (Å²) >= 11 is 0. The molecule has 5 heteroatoms. The normalized spacial score (nSPS) is 12.8. The number of carboxylic acids is 1. The van der Waals surface area contributed by atoms with Crippen molar-refractivity contribution in [2.75, 3.05) is 20.6 Å². The number of hydrogen-bond donors (Lipinski definition) is 1. The maximum absolute atomic E-state index is 13.5. The minimum Gasteiger partial charge on any atom is -0.481 e.